The van der Waals surface area contributed by atoms with Gasteiger partial charge in [-0.1, -0.05) is 0 Å². The third kappa shape index (κ3) is 2.39. The van der Waals surface area contributed by atoms with E-state index in [1.807, 2.05) is 0 Å². The highest BCUT2D eigenvalue weighted by Crippen LogP contribution is 2.36. The highest BCUT2D eigenvalue weighted by Gasteiger charge is 2.31. The fraction of sp³-hybridized carbons (Fsp3) is 0.188. The van der Waals surface area contributed by atoms with Crippen molar-refractivity contribution in [3.05, 3.63) is 52.8 Å². The van der Waals surface area contributed by atoms with Gasteiger partial charge in [0.25, 0.3) is 10.0 Å². The maximum Gasteiger partial charge on any atom is 0.419 e. The Morgan fingerprint density at radius 3 is 2.76 bits per heavy atom. The Labute approximate surface area is 141 Å². The van der Waals surface area contributed by atoms with Gasteiger partial charge in [0.1, 0.15) is 18.2 Å². The zero-order valence-corrected chi connectivity index (χ0v) is 13.9. The van der Waals surface area contributed by atoms with E-state index in [1.165, 1.54) is 41.9 Å². The summed E-state index contributed by atoms with van der Waals surface area (Å²) in [6.07, 6.45) is 0. The Kier molecular flexibility index (Phi) is 3.36. The number of nitrogens with zero attached hydrogens (tertiary/aromatic N) is 2. The van der Waals surface area contributed by atoms with Crippen molar-refractivity contribution in [1.29, 1.82) is 0 Å². The van der Waals surface area contributed by atoms with Gasteiger partial charge in [0, 0.05) is 19.2 Å². The van der Waals surface area contributed by atoms with E-state index in [-0.39, 0.29) is 29.3 Å². The SMILES string of the molecule is Cn1c(=O)oc2cc(S(=O)(=O)N3CCOc4ccc(F)cc43)ccc21. The summed E-state index contributed by atoms with van der Waals surface area (Å²) in [4.78, 5) is 11.5. The summed E-state index contributed by atoms with van der Waals surface area (Å²) in [7, 11) is -2.44. The number of ether oxygens (including phenoxy) is 1. The van der Waals surface area contributed by atoms with Crippen LogP contribution in [-0.2, 0) is 17.1 Å². The van der Waals surface area contributed by atoms with Gasteiger partial charge in [-0.2, -0.15) is 0 Å². The molecule has 0 amide bonds. The summed E-state index contributed by atoms with van der Waals surface area (Å²) in [6.45, 7) is 0.204. The van der Waals surface area contributed by atoms with Gasteiger partial charge in [0.15, 0.2) is 5.58 Å². The largest absolute Gasteiger partial charge is 0.489 e. The van der Waals surface area contributed by atoms with E-state index in [2.05, 4.69) is 0 Å². The number of anilines is 1. The number of rotatable bonds is 2. The second-order valence-electron chi connectivity index (χ2n) is 5.59. The molecule has 1 aromatic heterocycles. The highest BCUT2D eigenvalue weighted by atomic mass is 32.2. The van der Waals surface area contributed by atoms with E-state index in [0.29, 0.717) is 11.3 Å². The zero-order chi connectivity index (χ0) is 17.8. The lowest BCUT2D eigenvalue weighted by Crippen LogP contribution is -2.38. The van der Waals surface area contributed by atoms with E-state index >= 15 is 0 Å². The van der Waals surface area contributed by atoms with Gasteiger partial charge in [-0.25, -0.2) is 17.6 Å². The van der Waals surface area contributed by atoms with Crippen molar-refractivity contribution in [3.63, 3.8) is 0 Å². The van der Waals surface area contributed by atoms with Crippen molar-refractivity contribution in [2.24, 2.45) is 7.05 Å². The molecular formula is C16H13FN2O5S. The second kappa shape index (κ2) is 5.35. The number of oxazole rings is 1. The number of sulfonamides is 1. The average Bonchev–Trinajstić information content (AvgIpc) is 2.88. The van der Waals surface area contributed by atoms with Crippen LogP contribution in [0.1, 0.15) is 0 Å². The highest BCUT2D eigenvalue weighted by molar-refractivity contribution is 7.92. The van der Waals surface area contributed by atoms with Crippen LogP contribution in [0, 0.1) is 5.82 Å². The molecule has 0 atom stereocenters. The van der Waals surface area contributed by atoms with Crippen LogP contribution < -0.4 is 14.8 Å². The summed E-state index contributed by atoms with van der Waals surface area (Å²) in [5.41, 5.74) is 0.791. The number of halogens is 1. The van der Waals surface area contributed by atoms with Crippen LogP contribution in [0.15, 0.2) is 50.5 Å². The molecule has 9 heteroatoms. The van der Waals surface area contributed by atoms with Crippen molar-refractivity contribution in [2.75, 3.05) is 17.5 Å². The van der Waals surface area contributed by atoms with E-state index < -0.39 is 21.6 Å². The fourth-order valence-electron chi connectivity index (χ4n) is 2.82. The molecule has 0 saturated heterocycles. The fourth-order valence-corrected chi connectivity index (χ4v) is 4.28. The second-order valence-corrected chi connectivity index (χ2v) is 7.46. The molecule has 2 aromatic carbocycles. The Morgan fingerprint density at radius 2 is 1.96 bits per heavy atom. The Morgan fingerprint density at radius 1 is 1.16 bits per heavy atom. The standard InChI is InChI=1S/C16H13FN2O5S/c1-18-12-4-3-11(9-15(12)24-16(18)20)25(21,22)19-6-7-23-14-5-2-10(17)8-13(14)19/h2-5,8-9H,6-7H2,1H3. The Bertz CT molecular complexity index is 1150. The molecule has 0 bridgehead atoms. The predicted molar refractivity (Wildman–Crippen MR) is 87.9 cm³/mol. The summed E-state index contributed by atoms with van der Waals surface area (Å²) in [5, 5.41) is 0. The van der Waals surface area contributed by atoms with Crippen LogP contribution >= 0.6 is 0 Å². The number of aromatic nitrogens is 1. The molecule has 3 aromatic rings. The maximum atomic E-state index is 13.6. The van der Waals surface area contributed by atoms with E-state index in [0.717, 1.165) is 10.4 Å². The van der Waals surface area contributed by atoms with Gasteiger partial charge in [-0.3, -0.25) is 8.87 Å². The van der Waals surface area contributed by atoms with Crippen LogP contribution in [0.2, 0.25) is 0 Å². The van der Waals surface area contributed by atoms with Gasteiger partial charge in [0.05, 0.1) is 22.6 Å². The number of aryl methyl sites for hydroxylation is 1. The first-order valence-electron chi connectivity index (χ1n) is 7.42. The maximum absolute atomic E-state index is 13.6. The number of hydrogen-bond donors (Lipinski definition) is 0. The molecular weight excluding hydrogens is 351 g/mol. The molecule has 1 aliphatic rings. The van der Waals surface area contributed by atoms with E-state index in [9.17, 15) is 17.6 Å². The monoisotopic (exact) mass is 364 g/mol. The molecule has 0 fully saturated rings. The normalized spacial score (nSPS) is 14.4. The topological polar surface area (TPSA) is 81.8 Å². The molecule has 0 saturated carbocycles. The summed E-state index contributed by atoms with van der Waals surface area (Å²) in [5.74, 6) is -0.846. The van der Waals surface area contributed by atoms with E-state index in [4.69, 9.17) is 9.15 Å². The summed E-state index contributed by atoms with van der Waals surface area (Å²) in [6, 6.07) is 7.90. The van der Waals surface area contributed by atoms with Gasteiger partial charge < -0.3 is 9.15 Å². The lowest BCUT2D eigenvalue weighted by molar-refractivity contribution is 0.315. The predicted octanol–water partition coefficient (Wildman–Crippen LogP) is 1.86. The van der Waals surface area contributed by atoms with Crippen molar-refractivity contribution in [2.45, 2.75) is 4.90 Å². The summed E-state index contributed by atoms with van der Waals surface area (Å²) >= 11 is 0. The van der Waals surface area contributed by atoms with Crippen molar-refractivity contribution >= 4 is 26.8 Å². The van der Waals surface area contributed by atoms with Crippen LogP contribution in [0.5, 0.6) is 5.75 Å². The lowest BCUT2D eigenvalue weighted by Gasteiger charge is -2.30. The first-order valence-corrected chi connectivity index (χ1v) is 8.86. The number of benzene rings is 2. The quantitative estimate of drug-likeness (QED) is 0.693. The molecule has 4 rings (SSSR count). The zero-order valence-electron chi connectivity index (χ0n) is 13.1. The van der Waals surface area contributed by atoms with Gasteiger partial charge in [0.2, 0.25) is 0 Å². The molecule has 0 aliphatic carbocycles. The smallest absolute Gasteiger partial charge is 0.419 e. The van der Waals surface area contributed by atoms with Crippen LogP contribution in [0.3, 0.4) is 0 Å². The molecule has 2 heterocycles. The number of fused-ring (bicyclic) bond motifs is 2. The molecule has 1 aliphatic heterocycles. The van der Waals surface area contributed by atoms with Crippen molar-refractivity contribution in [1.82, 2.24) is 4.57 Å². The van der Waals surface area contributed by atoms with Crippen LogP contribution in [-0.4, -0.2) is 26.1 Å². The third-order valence-electron chi connectivity index (χ3n) is 4.09. The van der Waals surface area contributed by atoms with Gasteiger partial charge >= 0.3 is 5.76 Å². The molecule has 7 nitrogen and oxygen atoms in total. The Balaban J connectivity index is 1.86. The van der Waals surface area contributed by atoms with Gasteiger partial charge in [-0.05, 0) is 24.3 Å². The minimum Gasteiger partial charge on any atom is -0.489 e. The molecule has 130 valence electrons. The van der Waals surface area contributed by atoms with Gasteiger partial charge in [-0.15, -0.1) is 0 Å². The summed E-state index contributed by atoms with van der Waals surface area (Å²) < 4.78 is 52.4. The Hall–Kier alpha value is -2.81. The lowest BCUT2D eigenvalue weighted by atomic mass is 10.2. The molecule has 0 unspecified atom stereocenters. The van der Waals surface area contributed by atoms with Crippen molar-refractivity contribution < 1.29 is 22.0 Å². The van der Waals surface area contributed by atoms with E-state index in [1.54, 1.807) is 0 Å². The van der Waals surface area contributed by atoms with Crippen LogP contribution in [0.4, 0.5) is 10.1 Å². The first kappa shape index (κ1) is 15.7. The molecule has 0 spiro atoms. The first-order chi connectivity index (χ1) is 11.9. The van der Waals surface area contributed by atoms with Crippen molar-refractivity contribution in [3.8, 4) is 5.75 Å². The minimum absolute atomic E-state index is 0.0496. The minimum atomic E-state index is -3.97. The molecule has 0 N–H and O–H groups in total. The number of hydrogen-bond acceptors (Lipinski definition) is 5. The average molecular weight is 364 g/mol. The van der Waals surface area contributed by atoms with Crippen LogP contribution in [0.25, 0.3) is 11.1 Å². The molecule has 0 radical (unpaired) electrons. The molecule has 25 heavy (non-hydrogen) atoms. The third-order valence-corrected chi connectivity index (χ3v) is 5.90.